The first-order chi connectivity index (χ1) is 8.65. The van der Waals surface area contributed by atoms with Gasteiger partial charge in [0.25, 0.3) is 0 Å². The van der Waals surface area contributed by atoms with E-state index in [1.807, 2.05) is 6.92 Å². The molecule has 2 fully saturated rings. The van der Waals surface area contributed by atoms with Gasteiger partial charge in [0.2, 0.25) is 0 Å². The third-order valence-corrected chi connectivity index (χ3v) is 4.42. The molecule has 1 aromatic rings. The van der Waals surface area contributed by atoms with Crippen molar-refractivity contribution in [2.45, 2.75) is 56.6 Å². The summed E-state index contributed by atoms with van der Waals surface area (Å²) in [5.41, 5.74) is 1.72. The van der Waals surface area contributed by atoms with Crippen LogP contribution in [-0.4, -0.2) is 17.7 Å². The van der Waals surface area contributed by atoms with Gasteiger partial charge in [-0.05, 0) is 49.7 Å². The normalized spacial score (nSPS) is 23.4. The van der Waals surface area contributed by atoms with Crippen molar-refractivity contribution < 1.29 is 5.11 Å². The van der Waals surface area contributed by atoms with Crippen molar-refractivity contribution >= 4 is 0 Å². The fraction of sp³-hybridized carbons (Fsp3) is 0.625. The Labute approximate surface area is 109 Å². The van der Waals surface area contributed by atoms with Crippen molar-refractivity contribution in [1.82, 2.24) is 5.32 Å². The van der Waals surface area contributed by atoms with Crippen molar-refractivity contribution in [2.75, 3.05) is 6.54 Å². The first kappa shape index (κ1) is 12.2. The zero-order chi connectivity index (χ0) is 12.6. The van der Waals surface area contributed by atoms with E-state index >= 15 is 0 Å². The molecule has 2 aliphatic carbocycles. The molecular formula is C16H23NO. The van der Waals surface area contributed by atoms with E-state index in [-0.39, 0.29) is 0 Å². The van der Waals surface area contributed by atoms with Crippen LogP contribution in [0.3, 0.4) is 0 Å². The lowest BCUT2D eigenvalue weighted by Crippen LogP contribution is -2.36. The lowest BCUT2D eigenvalue weighted by atomic mass is 9.79. The van der Waals surface area contributed by atoms with E-state index in [4.69, 9.17) is 0 Å². The predicted molar refractivity (Wildman–Crippen MR) is 73.6 cm³/mol. The topological polar surface area (TPSA) is 32.3 Å². The highest BCUT2D eigenvalue weighted by Gasteiger charge is 2.28. The van der Waals surface area contributed by atoms with Gasteiger partial charge in [-0.1, -0.05) is 30.7 Å². The minimum absolute atomic E-state index is 0.644. The molecule has 2 saturated carbocycles. The molecule has 0 bridgehead atoms. The molecule has 0 aliphatic heterocycles. The molecule has 0 radical (unpaired) electrons. The van der Waals surface area contributed by atoms with Gasteiger partial charge in [0.05, 0.1) is 5.60 Å². The Balaban J connectivity index is 1.65. The summed E-state index contributed by atoms with van der Waals surface area (Å²) in [5, 5.41) is 13.9. The third-order valence-electron chi connectivity index (χ3n) is 4.42. The number of nitrogens with one attached hydrogen (secondary N) is 1. The third kappa shape index (κ3) is 2.60. The SMILES string of the molecule is CC(O)(CNC1CC1)c1ccc(C2CCC2)cc1. The average Bonchev–Trinajstić information content (AvgIpc) is 3.09. The number of rotatable bonds is 5. The molecule has 1 unspecified atom stereocenters. The summed E-state index contributed by atoms with van der Waals surface area (Å²) in [7, 11) is 0. The summed E-state index contributed by atoms with van der Waals surface area (Å²) in [5.74, 6) is 0.772. The zero-order valence-electron chi connectivity index (χ0n) is 11.2. The minimum atomic E-state index is -0.749. The maximum absolute atomic E-state index is 10.5. The van der Waals surface area contributed by atoms with Crippen LogP contribution in [0.2, 0.25) is 0 Å². The summed E-state index contributed by atoms with van der Waals surface area (Å²) < 4.78 is 0. The molecule has 18 heavy (non-hydrogen) atoms. The van der Waals surface area contributed by atoms with Crippen LogP contribution in [0.15, 0.2) is 24.3 Å². The molecule has 0 amide bonds. The lowest BCUT2D eigenvalue weighted by Gasteiger charge is -2.28. The molecule has 98 valence electrons. The van der Waals surface area contributed by atoms with Crippen molar-refractivity contribution in [1.29, 1.82) is 0 Å². The fourth-order valence-corrected chi connectivity index (χ4v) is 2.59. The Hall–Kier alpha value is -0.860. The fourth-order valence-electron chi connectivity index (χ4n) is 2.59. The van der Waals surface area contributed by atoms with E-state index < -0.39 is 5.60 Å². The average molecular weight is 245 g/mol. The Kier molecular flexibility index (Phi) is 3.16. The van der Waals surface area contributed by atoms with Crippen molar-refractivity contribution in [3.8, 4) is 0 Å². The first-order valence-corrected chi connectivity index (χ1v) is 7.21. The maximum atomic E-state index is 10.5. The van der Waals surface area contributed by atoms with Gasteiger partial charge in [-0.2, -0.15) is 0 Å². The van der Waals surface area contributed by atoms with Gasteiger partial charge in [-0.25, -0.2) is 0 Å². The van der Waals surface area contributed by atoms with Crippen LogP contribution in [0.25, 0.3) is 0 Å². The molecule has 0 heterocycles. The smallest absolute Gasteiger partial charge is 0.0992 e. The minimum Gasteiger partial charge on any atom is -0.384 e. The number of benzene rings is 1. The second-order valence-corrected chi connectivity index (χ2v) is 6.18. The highest BCUT2D eigenvalue weighted by Crippen LogP contribution is 2.36. The Morgan fingerprint density at radius 1 is 1.17 bits per heavy atom. The molecule has 2 nitrogen and oxygen atoms in total. The first-order valence-electron chi connectivity index (χ1n) is 7.21. The molecular weight excluding hydrogens is 222 g/mol. The second kappa shape index (κ2) is 4.67. The Bertz CT molecular complexity index is 402. The quantitative estimate of drug-likeness (QED) is 0.836. The van der Waals surface area contributed by atoms with E-state index in [2.05, 4.69) is 29.6 Å². The Morgan fingerprint density at radius 3 is 2.33 bits per heavy atom. The van der Waals surface area contributed by atoms with Gasteiger partial charge in [-0.3, -0.25) is 0 Å². The zero-order valence-corrected chi connectivity index (χ0v) is 11.2. The summed E-state index contributed by atoms with van der Waals surface area (Å²) in [6, 6.07) is 9.24. The van der Waals surface area contributed by atoms with Gasteiger partial charge >= 0.3 is 0 Å². The molecule has 2 heteroatoms. The van der Waals surface area contributed by atoms with Gasteiger partial charge in [0, 0.05) is 12.6 Å². The van der Waals surface area contributed by atoms with Gasteiger partial charge in [-0.15, -0.1) is 0 Å². The monoisotopic (exact) mass is 245 g/mol. The molecule has 1 aromatic carbocycles. The van der Waals surface area contributed by atoms with E-state index in [1.54, 1.807) is 0 Å². The van der Waals surface area contributed by atoms with Crippen LogP contribution >= 0.6 is 0 Å². The van der Waals surface area contributed by atoms with Gasteiger partial charge in [0.15, 0.2) is 0 Å². The predicted octanol–water partition coefficient (Wildman–Crippen LogP) is 2.91. The lowest BCUT2D eigenvalue weighted by molar-refractivity contribution is 0.0565. The molecule has 0 spiro atoms. The molecule has 0 saturated heterocycles. The highest BCUT2D eigenvalue weighted by molar-refractivity contribution is 5.30. The molecule has 0 aromatic heterocycles. The second-order valence-electron chi connectivity index (χ2n) is 6.18. The number of aliphatic hydroxyl groups is 1. The molecule has 1 atom stereocenters. The molecule has 2 aliphatic rings. The summed E-state index contributed by atoms with van der Waals surface area (Å²) in [6.45, 7) is 2.56. The summed E-state index contributed by atoms with van der Waals surface area (Å²) in [4.78, 5) is 0. The van der Waals surface area contributed by atoms with Crippen LogP contribution in [-0.2, 0) is 5.60 Å². The van der Waals surface area contributed by atoms with E-state index in [9.17, 15) is 5.11 Å². The maximum Gasteiger partial charge on any atom is 0.0992 e. The Morgan fingerprint density at radius 2 is 1.83 bits per heavy atom. The summed E-state index contributed by atoms with van der Waals surface area (Å²) in [6.07, 6.45) is 6.56. The van der Waals surface area contributed by atoms with Crippen LogP contribution in [0.4, 0.5) is 0 Å². The van der Waals surface area contributed by atoms with Gasteiger partial charge in [0.1, 0.15) is 0 Å². The van der Waals surface area contributed by atoms with E-state index in [0.29, 0.717) is 12.6 Å². The largest absolute Gasteiger partial charge is 0.384 e. The molecule has 2 N–H and O–H groups in total. The van der Waals surface area contributed by atoms with E-state index in [0.717, 1.165) is 11.5 Å². The van der Waals surface area contributed by atoms with Crippen LogP contribution in [0, 0.1) is 0 Å². The highest BCUT2D eigenvalue weighted by atomic mass is 16.3. The van der Waals surface area contributed by atoms with E-state index in [1.165, 1.54) is 37.7 Å². The number of hydrogen-bond acceptors (Lipinski definition) is 2. The van der Waals surface area contributed by atoms with Crippen LogP contribution in [0.1, 0.15) is 56.1 Å². The van der Waals surface area contributed by atoms with Crippen LogP contribution < -0.4 is 5.32 Å². The van der Waals surface area contributed by atoms with Crippen molar-refractivity contribution in [3.63, 3.8) is 0 Å². The van der Waals surface area contributed by atoms with Crippen LogP contribution in [0.5, 0.6) is 0 Å². The van der Waals surface area contributed by atoms with Gasteiger partial charge < -0.3 is 10.4 Å². The molecule has 3 rings (SSSR count). The standard InChI is InChI=1S/C16H23NO/c1-16(18,11-17-15-9-10-15)14-7-5-13(6-8-14)12-3-2-4-12/h5-8,12,15,17-18H,2-4,9-11H2,1H3. The van der Waals surface area contributed by atoms with Crippen molar-refractivity contribution in [2.24, 2.45) is 0 Å². The summed E-state index contributed by atoms with van der Waals surface area (Å²) >= 11 is 0. The van der Waals surface area contributed by atoms with Crippen molar-refractivity contribution in [3.05, 3.63) is 35.4 Å². The number of hydrogen-bond donors (Lipinski definition) is 2.